The van der Waals surface area contributed by atoms with E-state index in [1.54, 1.807) is 0 Å². The summed E-state index contributed by atoms with van der Waals surface area (Å²) in [6.07, 6.45) is 11.6. The molecule has 2 heteroatoms. The Labute approximate surface area is 253 Å². The van der Waals surface area contributed by atoms with Crippen LogP contribution in [0, 0.1) is 13.8 Å². The molecule has 1 fully saturated rings. The second-order valence-corrected chi connectivity index (χ2v) is 12.0. The molecule has 2 aliphatic carbocycles. The van der Waals surface area contributed by atoms with E-state index in [0.29, 0.717) is 11.8 Å². The number of rotatable bonds is 4. The molecule has 0 aromatic heterocycles. The van der Waals surface area contributed by atoms with Crippen molar-refractivity contribution in [3.05, 3.63) is 132 Å². The minimum Gasteiger partial charge on any atom is -0.358 e. The molecule has 39 heavy (non-hydrogen) atoms. The van der Waals surface area contributed by atoms with Gasteiger partial charge in [0.15, 0.2) is 0 Å². The molecule has 1 heterocycles. The Hall–Kier alpha value is -2.45. The quantitative estimate of drug-likeness (QED) is 0.173. The largest absolute Gasteiger partial charge is 2.00 e. The van der Waals surface area contributed by atoms with E-state index in [0.717, 1.165) is 6.42 Å². The minimum atomic E-state index is 0. The standard InChI is InChI=1S/C32H27.C4H8Si.CH3.Ti/c1-3-22-19-32-26(23-10-5-4-6-11-23)14-9-15-27(32)30(22)20-29-21(2)18-31-25-13-8-7-12-24(25)16-17-28(29)31;1-2-4-5-3-1;;/h4-20,29-30H,3H2,1-2H3;1-4H2;1H3;/q-1;;-1;+2. The Balaban J connectivity index is 0.000000456. The van der Waals surface area contributed by atoms with Crippen LogP contribution in [0.4, 0.5) is 0 Å². The molecule has 0 saturated carbocycles. The normalized spacial score (nSPS) is 18.6. The fraction of sp³-hybridized carbons (Fsp3) is 0.243. The number of hydrogen-bond donors (Lipinski definition) is 0. The van der Waals surface area contributed by atoms with Crippen LogP contribution in [-0.4, -0.2) is 9.52 Å². The summed E-state index contributed by atoms with van der Waals surface area (Å²) < 4.78 is 0. The molecule has 1 aliphatic heterocycles. The fourth-order valence-electron chi connectivity index (χ4n) is 6.29. The third-order valence-corrected chi connectivity index (χ3v) is 9.66. The second kappa shape index (κ2) is 13.3. The topological polar surface area (TPSA) is 0 Å². The molecule has 3 aliphatic rings. The minimum absolute atomic E-state index is 0. The van der Waals surface area contributed by atoms with E-state index in [-0.39, 0.29) is 29.1 Å². The maximum absolute atomic E-state index is 2.60. The van der Waals surface area contributed by atoms with Gasteiger partial charge in [0.2, 0.25) is 0 Å². The number of allylic oxidation sites excluding steroid dienone is 2. The van der Waals surface area contributed by atoms with Gasteiger partial charge in [-0.05, 0) is 46.4 Å². The molecule has 1 saturated heterocycles. The molecular weight excluding hydrogens is 520 g/mol. The van der Waals surface area contributed by atoms with E-state index in [4.69, 9.17) is 0 Å². The zero-order valence-electron chi connectivity index (χ0n) is 23.5. The first-order valence-corrected chi connectivity index (χ1v) is 15.3. The Morgan fingerprint density at radius 2 is 1.46 bits per heavy atom. The Bertz CT molecular complexity index is 1470. The van der Waals surface area contributed by atoms with Gasteiger partial charge in [-0.2, -0.15) is 0 Å². The average Bonchev–Trinajstić information content (AvgIpc) is 3.70. The molecule has 0 N–H and O–H groups in total. The first-order chi connectivity index (χ1) is 18.2. The smallest absolute Gasteiger partial charge is 0.358 e. The Morgan fingerprint density at radius 3 is 2.18 bits per heavy atom. The van der Waals surface area contributed by atoms with E-state index < -0.39 is 0 Å². The van der Waals surface area contributed by atoms with Crippen molar-refractivity contribution in [1.29, 1.82) is 0 Å². The summed E-state index contributed by atoms with van der Waals surface area (Å²) in [4.78, 5) is 0. The van der Waals surface area contributed by atoms with Crippen LogP contribution in [0.15, 0.2) is 96.1 Å². The summed E-state index contributed by atoms with van der Waals surface area (Å²) in [7, 11) is 1.31. The van der Waals surface area contributed by atoms with Crippen molar-refractivity contribution >= 4 is 32.4 Å². The van der Waals surface area contributed by atoms with Crippen molar-refractivity contribution < 1.29 is 21.7 Å². The SMILES string of the molecule is C1CC[Si]C1.CCC1=Cc2c(-c3ccccc3)cccc2C1[CH-]C1C(C)=Cc2c1ccc1ccccc21.[CH3-].[Ti+2]. The summed E-state index contributed by atoms with van der Waals surface area (Å²) >= 11 is 0. The van der Waals surface area contributed by atoms with E-state index >= 15 is 0 Å². The maximum atomic E-state index is 2.60. The van der Waals surface area contributed by atoms with Crippen LogP contribution in [0.2, 0.25) is 12.1 Å². The summed E-state index contributed by atoms with van der Waals surface area (Å²) in [5, 5.41) is 2.69. The zero-order valence-corrected chi connectivity index (χ0v) is 26.1. The first kappa shape index (κ1) is 29.5. The van der Waals surface area contributed by atoms with Gasteiger partial charge in [-0.25, -0.2) is 0 Å². The van der Waals surface area contributed by atoms with Gasteiger partial charge < -0.3 is 13.8 Å². The Kier molecular flexibility index (Phi) is 10.0. The number of fused-ring (bicyclic) bond motifs is 4. The number of benzene rings is 4. The fourth-order valence-corrected chi connectivity index (χ4v) is 7.54. The van der Waals surface area contributed by atoms with Crippen molar-refractivity contribution in [3.8, 4) is 11.1 Å². The molecule has 2 unspecified atom stereocenters. The van der Waals surface area contributed by atoms with Gasteiger partial charge in [0.25, 0.3) is 0 Å². The van der Waals surface area contributed by atoms with Crippen molar-refractivity contribution in [3.63, 3.8) is 0 Å². The van der Waals surface area contributed by atoms with Crippen LogP contribution in [0.25, 0.3) is 34.1 Å². The first-order valence-electron chi connectivity index (χ1n) is 13.9. The molecule has 0 nitrogen and oxygen atoms in total. The van der Waals surface area contributed by atoms with Crippen molar-refractivity contribution in [1.82, 2.24) is 0 Å². The predicted octanol–water partition coefficient (Wildman–Crippen LogP) is 10.6. The predicted molar refractivity (Wildman–Crippen MR) is 169 cm³/mol. The van der Waals surface area contributed by atoms with Gasteiger partial charge in [-0.3, -0.25) is 0 Å². The Morgan fingerprint density at radius 1 is 0.744 bits per heavy atom. The second-order valence-electron chi connectivity index (χ2n) is 10.5. The van der Waals surface area contributed by atoms with Gasteiger partial charge in [0.05, 0.1) is 0 Å². The van der Waals surface area contributed by atoms with Gasteiger partial charge >= 0.3 is 21.7 Å². The van der Waals surface area contributed by atoms with Crippen LogP contribution in [0.5, 0.6) is 0 Å². The average molecular weight is 559 g/mol. The molecule has 2 atom stereocenters. The van der Waals surface area contributed by atoms with E-state index in [9.17, 15) is 0 Å². The molecule has 4 aromatic rings. The van der Waals surface area contributed by atoms with E-state index in [2.05, 4.69) is 117 Å². The van der Waals surface area contributed by atoms with Crippen molar-refractivity contribution in [2.75, 3.05) is 0 Å². The molecule has 4 aromatic carbocycles. The molecular formula is C37H38SiTi. The van der Waals surface area contributed by atoms with Crippen LogP contribution >= 0.6 is 0 Å². The van der Waals surface area contributed by atoms with E-state index in [1.807, 2.05) is 0 Å². The monoisotopic (exact) mass is 558 g/mol. The van der Waals surface area contributed by atoms with Crippen LogP contribution < -0.4 is 0 Å². The van der Waals surface area contributed by atoms with Crippen LogP contribution in [0.3, 0.4) is 0 Å². The summed E-state index contributed by atoms with van der Waals surface area (Å²) in [6.45, 7) is 4.58. The molecule has 0 amide bonds. The van der Waals surface area contributed by atoms with Gasteiger partial charge in [0.1, 0.15) is 0 Å². The summed E-state index contributed by atoms with van der Waals surface area (Å²) in [6, 6.07) is 34.1. The van der Waals surface area contributed by atoms with Gasteiger partial charge in [-0.1, -0.05) is 151 Å². The van der Waals surface area contributed by atoms with Crippen LogP contribution in [0.1, 0.15) is 67.2 Å². The van der Waals surface area contributed by atoms with Crippen LogP contribution in [-0.2, 0) is 21.7 Å². The van der Waals surface area contributed by atoms with Crippen molar-refractivity contribution in [2.45, 2.75) is 57.0 Å². The van der Waals surface area contributed by atoms with Gasteiger partial charge in [-0.15, -0.1) is 11.8 Å². The summed E-state index contributed by atoms with van der Waals surface area (Å²) in [5.41, 5.74) is 11.3. The molecule has 7 rings (SSSR count). The molecule has 0 bridgehead atoms. The third-order valence-electron chi connectivity index (χ3n) is 8.24. The molecule has 2 radical (unpaired) electrons. The van der Waals surface area contributed by atoms with Gasteiger partial charge in [0, 0.05) is 9.52 Å². The van der Waals surface area contributed by atoms with Crippen molar-refractivity contribution in [2.24, 2.45) is 0 Å². The van der Waals surface area contributed by atoms with E-state index in [1.165, 1.54) is 89.7 Å². The maximum Gasteiger partial charge on any atom is 2.00 e. The zero-order chi connectivity index (χ0) is 25.2. The molecule has 0 spiro atoms. The molecule has 194 valence electrons. The third kappa shape index (κ3) is 5.87. The summed E-state index contributed by atoms with van der Waals surface area (Å²) in [5.74, 6) is 0.727. The number of hydrogen-bond acceptors (Lipinski definition) is 0.